The van der Waals surface area contributed by atoms with Crippen molar-refractivity contribution in [2.24, 2.45) is 0 Å². The summed E-state index contributed by atoms with van der Waals surface area (Å²) < 4.78 is 0. The fourth-order valence-electron chi connectivity index (χ4n) is 1.14. The lowest BCUT2D eigenvalue weighted by molar-refractivity contribution is 1.72. The number of hydrogen-bond donors (Lipinski definition) is 0. The average molecular weight is 229 g/mol. The van der Waals surface area contributed by atoms with E-state index in [1.54, 1.807) is 12.1 Å². The van der Waals surface area contributed by atoms with Crippen molar-refractivity contribution in [3.8, 4) is 0 Å². The molecule has 64 valence electrons. The van der Waals surface area contributed by atoms with E-state index in [4.69, 9.17) is 34.8 Å². The Hall–Kier alpha value is -0.430. The smallest absolute Gasteiger partial charge is 0.0692 e. The summed E-state index contributed by atoms with van der Waals surface area (Å²) in [5.41, 5.74) is 0. The van der Waals surface area contributed by atoms with Crippen molar-refractivity contribution in [1.29, 1.82) is 0 Å². The van der Waals surface area contributed by atoms with Gasteiger partial charge in [0.25, 0.3) is 0 Å². The van der Waals surface area contributed by atoms with Crippen LogP contribution in [0.3, 0.4) is 0 Å². The van der Waals surface area contributed by atoms with Gasteiger partial charge in [0, 0.05) is 17.5 Å². The second-order valence-electron chi connectivity index (χ2n) is 2.54. The molecule has 3 heteroatoms. The van der Waals surface area contributed by atoms with Crippen molar-refractivity contribution >= 4 is 45.6 Å². The van der Waals surface area contributed by atoms with E-state index in [2.05, 4.69) is 12.1 Å². The van der Waals surface area contributed by atoms with Crippen LogP contribution < -0.4 is 0 Å². The lowest BCUT2D eigenvalue weighted by atomic mass is 10.1. The minimum atomic E-state index is 0.385. The lowest BCUT2D eigenvalue weighted by Crippen LogP contribution is -1.77. The highest BCUT2D eigenvalue weighted by molar-refractivity contribution is 6.47. The summed E-state index contributed by atoms with van der Waals surface area (Å²) in [5, 5.41) is 2.95. The fraction of sp³-hybridized carbons (Fsp3) is 0. The van der Waals surface area contributed by atoms with E-state index in [0.29, 0.717) is 15.1 Å². The summed E-state index contributed by atoms with van der Waals surface area (Å²) >= 11 is 17.7. The summed E-state index contributed by atoms with van der Waals surface area (Å²) in [6, 6.07) is 11.0. The molecule has 0 heterocycles. The van der Waals surface area contributed by atoms with Crippen LogP contribution in [0.5, 0.6) is 0 Å². The van der Waals surface area contributed by atoms with E-state index in [1.807, 2.05) is 6.07 Å². The van der Waals surface area contributed by atoms with E-state index < -0.39 is 0 Å². The second-order valence-corrected chi connectivity index (χ2v) is 3.67. The Bertz CT molecular complexity index is 463. The third-order valence-electron chi connectivity index (χ3n) is 1.75. The van der Waals surface area contributed by atoms with Crippen LogP contribution in [0.1, 0.15) is 0 Å². The molecule has 0 saturated heterocycles. The van der Waals surface area contributed by atoms with Crippen molar-refractivity contribution in [1.82, 2.24) is 0 Å². The van der Waals surface area contributed by atoms with Crippen molar-refractivity contribution < 1.29 is 0 Å². The van der Waals surface area contributed by atoms with Crippen LogP contribution in [0.15, 0.2) is 18.2 Å². The summed E-state index contributed by atoms with van der Waals surface area (Å²) in [7, 11) is 0. The first-order valence-corrected chi connectivity index (χ1v) is 4.69. The Morgan fingerprint density at radius 2 is 1.77 bits per heavy atom. The minimum absolute atomic E-state index is 0.385. The molecule has 0 bridgehead atoms. The van der Waals surface area contributed by atoms with Gasteiger partial charge < -0.3 is 0 Å². The normalized spacial score (nSPS) is 10.7. The number of halogens is 3. The molecule has 0 amide bonds. The molecule has 0 spiro atoms. The molecule has 0 fully saturated rings. The topological polar surface area (TPSA) is 0 Å². The quantitative estimate of drug-likeness (QED) is 0.628. The van der Waals surface area contributed by atoms with Gasteiger partial charge in [0.05, 0.1) is 15.1 Å². The number of fused-ring (bicyclic) bond motifs is 1. The maximum Gasteiger partial charge on any atom is 0.0692 e. The molecule has 2 aromatic rings. The molecule has 0 nitrogen and oxygen atoms in total. The Morgan fingerprint density at radius 3 is 2.54 bits per heavy atom. The van der Waals surface area contributed by atoms with Gasteiger partial charge in [-0.25, -0.2) is 0 Å². The monoisotopic (exact) mass is 228 g/mol. The lowest BCUT2D eigenvalue weighted by Gasteiger charge is -2.02. The van der Waals surface area contributed by atoms with Crippen LogP contribution in [0, 0.1) is 12.1 Å². The molecule has 13 heavy (non-hydrogen) atoms. The van der Waals surface area contributed by atoms with Gasteiger partial charge in [0.1, 0.15) is 0 Å². The Kier molecular flexibility index (Phi) is 2.37. The molecule has 0 saturated carbocycles. The zero-order valence-electron chi connectivity index (χ0n) is 6.37. The molecular formula is C10H3Cl3. The highest BCUT2D eigenvalue weighted by Crippen LogP contribution is 2.34. The van der Waals surface area contributed by atoms with Gasteiger partial charge in [-0.2, -0.15) is 0 Å². The van der Waals surface area contributed by atoms with Crippen LogP contribution in [0.2, 0.25) is 15.1 Å². The molecule has 0 N–H and O–H groups in total. The Morgan fingerprint density at radius 1 is 1.00 bits per heavy atom. The number of hydrogen-bond acceptors (Lipinski definition) is 0. The predicted molar refractivity (Wildman–Crippen MR) is 56.7 cm³/mol. The standard InChI is InChI=1S/C10H3Cl3/c11-7-3-1-2-6-4-5-8(12)10(13)9(6)7/h1-2,4H. The van der Waals surface area contributed by atoms with Crippen molar-refractivity contribution in [3.63, 3.8) is 0 Å². The first-order valence-electron chi connectivity index (χ1n) is 3.55. The third-order valence-corrected chi connectivity index (χ3v) is 2.82. The van der Waals surface area contributed by atoms with E-state index in [0.717, 1.165) is 10.8 Å². The van der Waals surface area contributed by atoms with Gasteiger partial charge in [-0.15, -0.1) is 0 Å². The highest BCUT2D eigenvalue weighted by atomic mass is 35.5. The molecule has 2 aromatic carbocycles. The molecular weight excluding hydrogens is 226 g/mol. The van der Waals surface area contributed by atoms with Gasteiger partial charge in [0.15, 0.2) is 0 Å². The third kappa shape index (κ3) is 1.50. The van der Waals surface area contributed by atoms with Crippen molar-refractivity contribution in [2.45, 2.75) is 0 Å². The van der Waals surface area contributed by atoms with E-state index in [1.165, 1.54) is 0 Å². The van der Waals surface area contributed by atoms with Crippen LogP contribution >= 0.6 is 34.8 Å². The van der Waals surface area contributed by atoms with Crippen molar-refractivity contribution in [3.05, 3.63) is 45.4 Å². The molecule has 0 aliphatic heterocycles. The SMILES string of the molecule is Clc1[c]cc2cc[c]c(Cl)c2c1Cl. The molecule has 2 radical (unpaired) electrons. The summed E-state index contributed by atoms with van der Waals surface area (Å²) in [4.78, 5) is 0. The van der Waals surface area contributed by atoms with Gasteiger partial charge in [-0.05, 0) is 11.5 Å². The molecule has 0 aliphatic carbocycles. The van der Waals surface area contributed by atoms with E-state index in [-0.39, 0.29) is 0 Å². The van der Waals surface area contributed by atoms with Gasteiger partial charge in [-0.1, -0.05) is 46.9 Å². The average Bonchev–Trinajstić information content (AvgIpc) is 2.12. The summed E-state index contributed by atoms with van der Waals surface area (Å²) in [6.45, 7) is 0. The maximum atomic E-state index is 5.96. The van der Waals surface area contributed by atoms with Crippen LogP contribution in [0.4, 0.5) is 0 Å². The molecule has 0 aliphatic rings. The molecule has 0 atom stereocenters. The Labute approximate surface area is 91.0 Å². The summed E-state index contributed by atoms with van der Waals surface area (Å²) in [6.07, 6.45) is 0. The first-order chi connectivity index (χ1) is 6.20. The minimum Gasteiger partial charge on any atom is -0.0829 e. The molecule has 0 unspecified atom stereocenters. The molecule has 2 rings (SSSR count). The fourth-order valence-corrected chi connectivity index (χ4v) is 1.87. The van der Waals surface area contributed by atoms with Gasteiger partial charge >= 0.3 is 0 Å². The maximum absolute atomic E-state index is 5.96. The summed E-state index contributed by atoms with van der Waals surface area (Å²) in [5.74, 6) is 0. The zero-order valence-corrected chi connectivity index (χ0v) is 8.63. The van der Waals surface area contributed by atoms with Crippen molar-refractivity contribution in [2.75, 3.05) is 0 Å². The van der Waals surface area contributed by atoms with Crippen LogP contribution in [-0.4, -0.2) is 0 Å². The second kappa shape index (κ2) is 3.38. The van der Waals surface area contributed by atoms with E-state index >= 15 is 0 Å². The molecule has 0 aromatic heterocycles. The van der Waals surface area contributed by atoms with E-state index in [9.17, 15) is 0 Å². The highest BCUT2D eigenvalue weighted by Gasteiger charge is 2.06. The van der Waals surface area contributed by atoms with Gasteiger partial charge in [0.2, 0.25) is 0 Å². The Balaban J connectivity index is 2.97. The predicted octanol–water partition coefficient (Wildman–Crippen LogP) is 4.40. The van der Waals surface area contributed by atoms with Gasteiger partial charge in [-0.3, -0.25) is 0 Å². The number of benzene rings is 2. The largest absolute Gasteiger partial charge is 0.0829 e. The zero-order chi connectivity index (χ0) is 9.42. The number of rotatable bonds is 0. The first kappa shape index (κ1) is 9.14. The van der Waals surface area contributed by atoms with Crippen LogP contribution in [0.25, 0.3) is 10.8 Å². The van der Waals surface area contributed by atoms with Crippen LogP contribution in [-0.2, 0) is 0 Å².